The van der Waals surface area contributed by atoms with E-state index in [1.807, 2.05) is 10.6 Å². The second-order valence-corrected chi connectivity index (χ2v) is 8.60. The lowest BCUT2D eigenvalue weighted by molar-refractivity contribution is 0.219. The van der Waals surface area contributed by atoms with Gasteiger partial charge >= 0.3 is 0 Å². The SMILES string of the molecule is C=C1C=C(Nc2nc(N[C@@H]3CCCC[C@H]3CCO)nc3c2ncn3C(C)C)C=C(N)N1. The van der Waals surface area contributed by atoms with Crippen LogP contribution in [0, 0.1) is 5.92 Å². The summed E-state index contributed by atoms with van der Waals surface area (Å²) >= 11 is 0. The van der Waals surface area contributed by atoms with Gasteiger partial charge in [0.2, 0.25) is 5.95 Å². The lowest BCUT2D eigenvalue weighted by Crippen LogP contribution is -2.33. The average Bonchev–Trinajstić information content (AvgIpc) is 3.13. The van der Waals surface area contributed by atoms with E-state index in [2.05, 4.69) is 41.4 Å². The van der Waals surface area contributed by atoms with Crippen LogP contribution in [0.1, 0.15) is 52.0 Å². The zero-order valence-corrected chi connectivity index (χ0v) is 18.2. The second kappa shape index (κ2) is 8.97. The molecule has 2 aromatic heterocycles. The number of anilines is 2. The van der Waals surface area contributed by atoms with Crippen molar-refractivity contribution in [3.05, 3.63) is 42.3 Å². The number of nitrogens with one attached hydrogen (secondary N) is 3. The number of allylic oxidation sites excluding steroid dienone is 2. The minimum Gasteiger partial charge on any atom is -0.396 e. The van der Waals surface area contributed by atoms with Crippen molar-refractivity contribution in [2.75, 3.05) is 17.2 Å². The molecule has 2 aliphatic rings. The molecule has 0 saturated heterocycles. The fourth-order valence-electron chi connectivity index (χ4n) is 4.38. The molecule has 3 heterocycles. The van der Waals surface area contributed by atoms with Gasteiger partial charge in [-0.3, -0.25) is 0 Å². The number of rotatable bonds is 7. The fourth-order valence-corrected chi connectivity index (χ4v) is 4.38. The molecular weight excluding hydrogens is 392 g/mol. The maximum atomic E-state index is 9.47. The van der Waals surface area contributed by atoms with Crippen molar-refractivity contribution in [2.45, 2.75) is 58.0 Å². The Kier molecular flexibility index (Phi) is 6.13. The average molecular weight is 425 g/mol. The standard InChI is InChI=1S/C22H32N8O/c1-13(2)30-12-24-19-20(26-16-10-14(3)25-18(23)11-16)28-22(29-21(19)30)27-17-7-5-4-6-15(17)8-9-31/h10-13,15,17,25,31H,3-9,23H2,1-2H3,(H2,26,27,28,29)/t15-,17+/m0/s1. The van der Waals surface area contributed by atoms with Crippen molar-refractivity contribution in [1.29, 1.82) is 0 Å². The third kappa shape index (κ3) is 4.66. The van der Waals surface area contributed by atoms with Crippen LogP contribution >= 0.6 is 0 Å². The summed E-state index contributed by atoms with van der Waals surface area (Å²) in [6.07, 6.45) is 10.8. The molecule has 9 heteroatoms. The van der Waals surface area contributed by atoms with E-state index in [4.69, 9.17) is 15.7 Å². The fraction of sp³-hybridized carbons (Fsp3) is 0.500. The Labute approximate surface area is 182 Å². The zero-order valence-electron chi connectivity index (χ0n) is 18.2. The third-order valence-electron chi connectivity index (χ3n) is 5.91. The van der Waals surface area contributed by atoms with Crippen LogP contribution in [0.2, 0.25) is 0 Å². The molecule has 1 aliphatic carbocycles. The van der Waals surface area contributed by atoms with Gasteiger partial charge in [0.05, 0.1) is 6.33 Å². The number of hydrogen-bond donors (Lipinski definition) is 5. The lowest BCUT2D eigenvalue weighted by Gasteiger charge is -2.32. The van der Waals surface area contributed by atoms with E-state index in [-0.39, 0.29) is 18.7 Å². The van der Waals surface area contributed by atoms with Gasteiger partial charge in [0, 0.05) is 36.2 Å². The highest BCUT2D eigenvalue weighted by molar-refractivity contribution is 5.85. The first-order valence-electron chi connectivity index (χ1n) is 11.0. The second-order valence-electron chi connectivity index (χ2n) is 8.60. The van der Waals surface area contributed by atoms with Gasteiger partial charge in [-0.05, 0) is 45.1 Å². The number of nitrogens with two attached hydrogens (primary N) is 1. The molecule has 6 N–H and O–H groups in total. The van der Waals surface area contributed by atoms with Crippen LogP contribution in [0.3, 0.4) is 0 Å². The van der Waals surface area contributed by atoms with Gasteiger partial charge < -0.3 is 31.4 Å². The number of fused-ring (bicyclic) bond motifs is 1. The number of aliphatic hydroxyl groups excluding tert-OH is 1. The van der Waals surface area contributed by atoms with E-state index in [0.717, 1.165) is 30.6 Å². The van der Waals surface area contributed by atoms with Crippen LogP contribution in [0.15, 0.2) is 42.3 Å². The predicted molar refractivity (Wildman–Crippen MR) is 123 cm³/mol. The van der Waals surface area contributed by atoms with E-state index < -0.39 is 0 Å². The molecule has 0 radical (unpaired) electrons. The molecule has 1 saturated carbocycles. The molecular formula is C22H32N8O. The summed E-state index contributed by atoms with van der Waals surface area (Å²) in [6.45, 7) is 8.34. The summed E-state index contributed by atoms with van der Waals surface area (Å²) in [5.74, 6) is 2.12. The van der Waals surface area contributed by atoms with E-state index in [1.54, 1.807) is 12.4 Å². The van der Waals surface area contributed by atoms with E-state index >= 15 is 0 Å². The van der Waals surface area contributed by atoms with Crippen LogP contribution in [-0.4, -0.2) is 37.3 Å². The number of nitrogens with zero attached hydrogens (tertiary/aromatic N) is 4. The van der Waals surface area contributed by atoms with Gasteiger partial charge in [-0.15, -0.1) is 0 Å². The van der Waals surface area contributed by atoms with Gasteiger partial charge in [-0.1, -0.05) is 19.4 Å². The molecule has 9 nitrogen and oxygen atoms in total. The highest BCUT2D eigenvalue weighted by atomic mass is 16.3. The summed E-state index contributed by atoms with van der Waals surface area (Å²) in [6, 6.07) is 0.459. The third-order valence-corrected chi connectivity index (χ3v) is 5.91. The smallest absolute Gasteiger partial charge is 0.227 e. The largest absolute Gasteiger partial charge is 0.396 e. The quantitative estimate of drug-likeness (QED) is 0.459. The summed E-state index contributed by atoms with van der Waals surface area (Å²) in [5.41, 5.74) is 8.90. The summed E-state index contributed by atoms with van der Waals surface area (Å²) in [4.78, 5) is 14.2. The molecule has 0 bridgehead atoms. The first-order chi connectivity index (χ1) is 14.9. The normalized spacial score (nSPS) is 21.6. The zero-order chi connectivity index (χ0) is 22.0. The van der Waals surface area contributed by atoms with Gasteiger partial charge in [0.25, 0.3) is 0 Å². The van der Waals surface area contributed by atoms with Crippen LogP contribution in [0.5, 0.6) is 0 Å². The molecule has 2 atom stereocenters. The highest BCUT2D eigenvalue weighted by Crippen LogP contribution is 2.30. The van der Waals surface area contributed by atoms with Gasteiger partial charge in [-0.2, -0.15) is 9.97 Å². The number of aliphatic hydroxyl groups is 1. The van der Waals surface area contributed by atoms with Crippen molar-refractivity contribution in [2.24, 2.45) is 11.7 Å². The first kappa shape index (κ1) is 21.2. The summed E-state index contributed by atoms with van der Waals surface area (Å²) in [5, 5.41) is 19.3. The van der Waals surface area contributed by atoms with Crippen molar-refractivity contribution < 1.29 is 5.11 Å². The molecule has 0 spiro atoms. The molecule has 4 rings (SSSR count). The summed E-state index contributed by atoms with van der Waals surface area (Å²) < 4.78 is 2.04. The maximum absolute atomic E-state index is 9.47. The predicted octanol–water partition coefficient (Wildman–Crippen LogP) is 2.97. The molecule has 0 aromatic carbocycles. The number of hydrogen-bond acceptors (Lipinski definition) is 8. The Bertz CT molecular complexity index is 1020. The number of aromatic nitrogens is 4. The Morgan fingerprint density at radius 2 is 2.10 bits per heavy atom. The van der Waals surface area contributed by atoms with Crippen molar-refractivity contribution in [3.8, 4) is 0 Å². The van der Waals surface area contributed by atoms with E-state index in [0.29, 0.717) is 34.7 Å². The molecule has 1 fully saturated rings. The highest BCUT2D eigenvalue weighted by Gasteiger charge is 2.26. The minimum atomic E-state index is 0.204. The van der Waals surface area contributed by atoms with Crippen LogP contribution in [0.4, 0.5) is 11.8 Å². The molecule has 0 unspecified atom stereocenters. The van der Waals surface area contributed by atoms with E-state index in [1.165, 1.54) is 12.8 Å². The Balaban J connectivity index is 1.70. The molecule has 1 aliphatic heterocycles. The molecule has 2 aromatic rings. The van der Waals surface area contributed by atoms with Crippen molar-refractivity contribution in [1.82, 2.24) is 24.8 Å². The van der Waals surface area contributed by atoms with E-state index in [9.17, 15) is 5.11 Å². The lowest BCUT2D eigenvalue weighted by atomic mass is 9.82. The Morgan fingerprint density at radius 1 is 1.29 bits per heavy atom. The Morgan fingerprint density at radius 3 is 2.84 bits per heavy atom. The number of imidazole rings is 1. The first-order valence-corrected chi connectivity index (χ1v) is 11.0. The monoisotopic (exact) mass is 424 g/mol. The maximum Gasteiger partial charge on any atom is 0.227 e. The van der Waals surface area contributed by atoms with Gasteiger partial charge in [-0.25, -0.2) is 4.98 Å². The molecule has 31 heavy (non-hydrogen) atoms. The van der Waals surface area contributed by atoms with Crippen LogP contribution in [0.25, 0.3) is 11.2 Å². The van der Waals surface area contributed by atoms with Gasteiger partial charge in [0.15, 0.2) is 17.0 Å². The molecule has 166 valence electrons. The minimum absolute atomic E-state index is 0.204. The topological polar surface area (TPSA) is 126 Å². The Hall–Kier alpha value is -3.07. The summed E-state index contributed by atoms with van der Waals surface area (Å²) in [7, 11) is 0. The van der Waals surface area contributed by atoms with Crippen molar-refractivity contribution in [3.63, 3.8) is 0 Å². The van der Waals surface area contributed by atoms with Gasteiger partial charge in [0.1, 0.15) is 5.82 Å². The molecule has 0 amide bonds. The van der Waals surface area contributed by atoms with Crippen LogP contribution < -0.4 is 21.7 Å². The van der Waals surface area contributed by atoms with Crippen LogP contribution in [-0.2, 0) is 0 Å². The van der Waals surface area contributed by atoms with Crippen molar-refractivity contribution >= 4 is 22.9 Å². The number of dihydropyridines is 1.